The summed E-state index contributed by atoms with van der Waals surface area (Å²) in [6, 6.07) is 7.44. The molecule has 0 aliphatic heterocycles. The van der Waals surface area contributed by atoms with Crippen LogP contribution in [0.25, 0.3) is 0 Å². The first-order valence-electron chi connectivity index (χ1n) is 4.47. The Labute approximate surface area is 88.7 Å². The Morgan fingerprint density at radius 1 is 1.40 bits per heavy atom. The van der Waals surface area contributed by atoms with E-state index in [9.17, 15) is 0 Å². The normalized spacial score (nSPS) is 11.8. The summed E-state index contributed by atoms with van der Waals surface area (Å²) in [6.45, 7) is 0.510. The molecule has 0 saturated carbocycles. The highest BCUT2D eigenvalue weighted by atomic mass is 15.7. The summed E-state index contributed by atoms with van der Waals surface area (Å²) in [5.74, 6) is 5.92. The third kappa shape index (κ3) is 3.84. The predicted octanol–water partition coefficient (Wildman–Crippen LogP) is -0.606. The number of aliphatic imine (C=N–C) groups is 1. The second-order valence-electron chi connectivity index (χ2n) is 3.09. The number of anilines is 1. The summed E-state index contributed by atoms with van der Waals surface area (Å²) in [4.78, 5) is 3.73. The molecule has 1 aromatic rings. The topological polar surface area (TPSA) is 106 Å². The molecule has 1 aromatic carbocycles. The number of hydrogen-bond acceptors (Lipinski definition) is 4. The molecule has 0 heterocycles. The Morgan fingerprint density at radius 2 is 2.00 bits per heavy atom. The first-order chi connectivity index (χ1) is 7.11. The van der Waals surface area contributed by atoms with Gasteiger partial charge in [-0.1, -0.05) is 12.1 Å². The lowest BCUT2D eigenvalue weighted by Crippen LogP contribution is -2.49. The number of nitrogens with zero attached hydrogens (tertiary/aromatic N) is 2. The Hall–Kier alpha value is -1.79. The lowest BCUT2D eigenvalue weighted by atomic mass is 10.2. The highest BCUT2D eigenvalue weighted by Gasteiger charge is 2.00. The zero-order valence-electron chi connectivity index (χ0n) is 8.64. The van der Waals surface area contributed by atoms with Gasteiger partial charge in [-0.2, -0.15) is 5.12 Å². The van der Waals surface area contributed by atoms with Crippen molar-refractivity contribution in [1.29, 1.82) is 0 Å². The average Bonchev–Trinajstić information content (AvgIpc) is 2.21. The lowest BCUT2D eigenvalue weighted by molar-refractivity contribution is 0.231. The quantitative estimate of drug-likeness (QED) is 0.174. The van der Waals surface area contributed by atoms with Gasteiger partial charge in [0.1, 0.15) is 0 Å². The molecule has 0 bridgehead atoms. The van der Waals surface area contributed by atoms with E-state index < -0.39 is 0 Å². The Bertz CT molecular complexity index is 331. The van der Waals surface area contributed by atoms with Gasteiger partial charge in [-0.15, -0.1) is 0 Å². The maximum atomic E-state index is 5.65. The van der Waals surface area contributed by atoms with Crippen LogP contribution in [-0.2, 0) is 6.54 Å². The van der Waals surface area contributed by atoms with Crippen LogP contribution in [0.2, 0.25) is 0 Å². The number of benzene rings is 1. The summed E-state index contributed by atoms with van der Waals surface area (Å²) < 4.78 is 0. The van der Waals surface area contributed by atoms with E-state index in [-0.39, 0.29) is 5.96 Å². The van der Waals surface area contributed by atoms with Crippen molar-refractivity contribution in [1.82, 2.24) is 10.5 Å². The Morgan fingerprint density at radius 3 is 2.53 bits per heavy atom. The SMILES string of the molecule is CN=C(N)NN(N)Cc1ccc(N)cc1. The largest absolute Gasteiger partial charge is 0.399 e. The van der Waals surface area contributed by atoms with Gasteiger partial charge in [0.25, 0.3) is 0 Å². The van der Waals surface area contributed by atoms with Gasteiger partial charge in [-0.3, -0.25) is 16.3 Å². The van der Waals surface area contributed by atoms with Crippen molar-refractivity contribution in [2.75, 3.05) is 12.8 Å². The van der Waals surface area contributed by atoms with E-state index in [2.05, 4.69) is 10.4 Å². The molecule has 0 fully saturated rings. The van der Waals surface area contributed by atoms with Crippen LogP contribution in [0.5, 0.6) is 0 Å². The standard InChI is InChI=1S/C9H16N6/c1-13-9(11)14-15(12)6-7-2-4-8(10)5-3-7/h2-5H,6,10,12H2,1H3,(H3,11,13,14). The zero-order chi connectivity index (χ0) is 11.3. The van der Waals surface area contributed by atoms with Crippen LogP contribution in [0.3, 0.4) is 0 Å². The molecule has 0 aliphatic carbocycles. The van der Waals surface area contributed by atoms with Crippen LogP contribution in [-0.4, -0.2) is 18.1 Å². The van der Waals surface area contributed by atoms with E-state index in [0.717, 1.165) is 11.3 Å². The molecule has 0 aromatic heterocycles. The summed E-state index contributed by atoms with van der Waals surface area (Å²) in [5.41, 5.74) is 15.5. The Kier molecular flexibility index (Phi) is 3.90. The van der Waals surface area contributed by atoms with Crippen molar-refractivity contribution in [2.24, 2.45) is 16.6 Å². The zero-order valence-corrected chi connectivity index (χ0v) is 8.64. The van der Waals surface area contributed by atoms with Gasteiger partial charge in [0.05, 0.1) is 6.54 Å². The van der Waals surface area contributed by atoms with Crippen molar-refractivity contribution in [3.05, 3.63) is 29.8 Å². The van der Waals surface area contributed by atoms with E-state index in [4.69, 9.17) is 17.3 Å². The highest BCUT2D eigenvalue weighted by molar-refractivity contribution is 5.76. The fourth-order valence-electron chi connectivity index (χ4n) is 1.06. The second kappa shape index (κ2) is 5.18. The van der Waals surface area contributed by atoms with Gasteiger partial charge >= 0.3 is 0 Å². The van der Waals surface area contributed by atoms with E-state index >= 15 is 0 Å². The van der Waals surface area contributed by atoms with Crippen molar-refractivity contribution in [2.45, 2.75) is 6.54 Å². The molecule has 15 heavy (non-hydrogen) atoms. The van der Waals surface area contributed by atoms with E-state index in [0.29, 0.717) is 6.54 Å². The highest BCUT2D eigenvalue weighted by Crippen LogP contribution is 2.05. The van der Waals surface area contributed by atoms with Gasteiger partial charge in [0.15, 0.2) is 0 Å². The van der Waals surface area contributed by atoms with Gasteiger partial charge in [0, 0.05) is 12.7 Å². The minimum absolute atomic E-state index is 0.271. The third-order valence-corrected chi connectivity index (χ3v) is 1.83. The summed E-state index contributed by atoms with van der Waals surface area (Å²) in [5, 5.41) is 1.36. The number of nitrogen functional groups attached to an aromatic ring is 1. The van der Waals surface area contributed by atoms with E-state index in [1.165, 1.54) is 5.12 Å². The third-order valence-electron chi connectivity index (χ3n) is 1.83. The molecule has 0 saturated heterocycles. The Balaban J connectivity index is 2.51. The van der Waals surface area contributed by atoms with Crippen molar-refractivity contribution >= 4 is 11.6 Å². The van der Waals surface area contributed by atoms with Crippen LogP contribution < -0.4 is 22.7 Å². The maximum Gasteiger partial charge on any atom is 0.204 e. The molecule has 0 radical (unpaired) electrons. The van der Waals surface area contributed by atoms with E-state index in [1.54, 1.807) is 7.05 Å². The summed E-state index contributed by atoms with van der Waals surface area (Å²) in [7, 11) is 1.58. The predicted molar refractivity (Wildman–Crippen MR) is 61.3 cm³/mol. The molecule has 0 atom stereocenters. The van der Waals surface area contributed by atoms with Crippen LogP contribution >= 0.6 is 0 Å². The van der Waals surface area contributed by atoms with Crippen molar-refractivity contribution in [3.63, 3.8) is 0 Å². The molecule has 0 spiro atoms. The molecular weight excluding hydrogens is 192 g/mol. The molecule has 0 aliphatic rings. The molecule has 6 heteroatoms. The number of guanidine groups is 1. The van der Waals surface area contributed by atoms with Crippen LogP contribution in [0.15, 0.2) is 29.3 Å². The first kappa shape index (κ1) is 11.3. The number of nitrogens with one attached hydrogen (secondary N) is 1. The summed E-state index contributed by atoms with van der Waals surface area (Å²) in [6.07, 6.45) is 0. The molecule has 7 N–H and O–H groups in total. The van der Waals surface area contributed by atoms with Gasteiger partial charge < -0.3 is 11.5 Å². The monoisotopic (exact) mass is 208 g/mol. The number of nitrogens with two attached hydrogens (primary N) is 3. The number of hydrogen-bond donors (Lipinski definition) is 4. The molecular formula is C9H16N6. The minimum atomic E-state index is 0.271. The van der Waals surface area contributed by atoms with E-state index in [1.807, 2.05) is 24.3 Å². The van der Waals surface area contributed by atoms with Crippen molar-refractivity contribution < 1.29 is 0 Å². The average molecular weight is 208 g/mol. The van der Waals surface area contributed by atoms with Crippen molar-refractivity contribution in [3.8, 4) is 0 Å². The maximum absolute atomic E-state index is 5.65. The molecule has 82 valence electrons. The smallest absolute Gasteiger partial charge is 0.204 e. The second-order valence-corrected chi connectivity index (χ2v) is 3.09. The number of hydrazine groups is 2. The summed E-state index contributed by atoms with van der Waals surface area (Å²) >= 11 is 0. The fourth-order valence-corrected chi connectivity index (χ4v) is 1.06. The molecule has 1 rings (SSSR count). The van der Waals surface area contributed by atoms with Gasteiger partial charge in [-0.25, -0.2) is 0 Å². The molecule has 0 amide bonds. The number of rotatable bonds is 3. The molecule has 0 unspecified atom stereocenters. The fraction of sp³-hybridized carbons (Fsp3) is 0.222. The van der Waals surface area contributed by atoms with Crippen LogP contribution in [0, 0.1) is 0 Å². The van der Waals surface area contributed by atoms with Gasteiger partial charge in [0.2, 0.25) is 5.96 Å². The lowest BCUT2D eigenvalue weighted by Gasteiger charge is -2.17. The minimum Gasteiger partial charge on any atom is -0.399 e. The van der Waals surface area contributed by atoms with Gasteiger partial charge in [-0.05, 0) is 17.7 Å². The van der Waals surface area contributed by atoms with Crippen LogP contribution in [0.4, 0.5) is 5.69 Å². The van der Waals surface area contributed by atoms with Crippen LogP contribution in [0.1, 0.15) is 5.56 Å². The first-order valence-corrected chi connectivity index (χ1v) is 4.47. The molecule has 6 nitrogen and oxygen atoms in total.